The molecule has 0 aliphatic carbocycles. The van der Waals surface area contributed by atoms with Gasteiger partial charge in [0.2, 0.25) is 0 Å². The molecule has 0 saturated carbocycles. The zero-order valence-corrected chi connectivity index (χ0v) is 11.7. The third-order valence-corrected chi connectivity index (χ3v) is 3.24. The number of nitrogens with zero attached hydrogens (tertiary/aromatic N) is 3. The van der Waals surface area contributed by atoms with Gasteiger partial charge < -0.3 is 4.90 Å². The van der Waals surface area contributed by atoms with Gasteiger partial charge in [0.25, 0.3) is 0 Å². The fourth-order valence-corrected chi connectivity index (χ4v) is 2.42. The molecule has 0 radical (unpaired) electrons. The maximum Gasteiger partial charge on any atom is 0.116 e. The van der Waals surface area contributed by atoms with Crippen LogP contribution in [0.2, 0.25) is 0 Å². The molecule has 0 bridgehead atoms. The molecule has 0 saturated heterocycles. The first kappa shape index (κ1) is 12.8. The fourth-order valence-electron chi connectivity index (χ4n) is 2.42. The van der Waals surface area contributed by atoms with Crippen molar-refractivity contribution in [2.24, 2.45) is 0 Å². The van der Waals surface area contributed by atoms with Gasteiger partial charge in [0.05, 0.1) is 11.2 Å². The van der Waals surface area contributed by atoms with Crippen molar-refractivity contribution in [3.8, 4) is 11.3 Å². The first-order valence-electron chi connectivity index (χ1n) is 6.68. The van der Waals surface area contributed by atoms with Gasteiger partial charge in [0.15, 0.2) is 0 Å². The average molecular weight is 263 g/mol. The summed E-state index contributed by atoms with van der Waals surface area (Å²) in [5.41, 5.74) is 4.41. The summed E-state index contributed by atoms with van der Waals surface area (Å²) in [6.07, 6.45) is 1.64. The lowest BCUT2D eigenvalue weighted by Crippen LogP contribution is -2.10. The van der Waals surface area contributed by atoms with Crippen LogP contribution in [0.4, 0.5) is 0 Å². The Kier molecular flexibility index (Phi) is 3.44. The summed E-state index contributed by atoms with van der Waals surface area (Å²) in [5, 5.41) is 1.09. The molecular weight excluding hydrogens is 246 g/mol. The molecule has 100 valence electrons. The number of para-hydroxylation sites is 1. The fraction of sp³-hybridized carbons (Fsp3) is 0.176. The Morgan fingerprint density at radius 1 is 0.950 bits per heavy atom. The molecule has 0 fully saturated rings. The van der Waals surface area contributed by atoms with Crippen LogP contribution in [-0.4, -0.2) is 29.0 Å². The molecule has 0 amide bonds. The Bertz CT molecular complexity index is 730. The van der Waals surface area contributed by atoms with E-state index < -0.39 is 0 Å². The van der Waals surface area contributed by atoms with Gasteiger partial charge in [-0.2, -0.15) is 0 Å². The van der Waals surface area contributed by atoms with Crippen molar-refractivity contribution in [2.45, 2.75) is 6.54 Å². The summed E-state index contributed by atoms with van der Waals surface area (Å²) < 4.78 is 0. The summed E-state index contributed by atoms with van der Waals surface area (Å²) >= 11 is 0. The van der Waals surface area contributed by atoms with E-state index in [0.29, 0.717) is 0 Å². The summed E-state index contributed by atoms with van der Waals surface area (Å²) in [4.78, 5) is 11.0. The third-order valence-electron chi connectivity index (χ3n) is 3.24. The lowest BCUT2D eigenvalue weighted by molar-refractivity contribution is 0.402. The van der Waals surface area contributed by atoms with Crippen molar-refractivity contribution >= 4 is 10.9 Å². The summed E-state index contributed by atoms with van der Waals surface area (Å²) in [6.45, 7) is 0.927. The van der Waals surface area contributed by atoms with E-state index in [1.165, 1.54) is 5.56 Å². The van der Waals surface area contributed by atoms with E-state index in [1.807, 2.05) is 18.2 Å². The molecule has 0 aliphatic heterocycles. The molecule has 20 heavy (non-hydrogen) atoms. The maximum atomic E-state index is 4.47. The van der Waals surface area contributed by atoms with Crippen LogP contribution in [0.15, 0.2) is 54.9 Å². The predicted octanol–water partition coefficient (Wildman–Crippen LogP) is 3.36. The highest BCUT2D eigenvalue weighted by molar-refractivity contribution is 5.91. The largest absolute Gasteiger partial charge is 0.305 e. The SMILES string of the molecule is CN(C)Cc1cccc(-c2ncnc3ccccc23)c1. The monoisotopic (exact) mass is 263 g/mol. The molecular formula is C17H17N3. The van der Waals surface area contributed by atoms with Crippen molar-refractivity contribution in [3.63, 3.8) is 0 Å². The van der Waals surface area contributed by atoms with E-state index in [1.54, 1.807) is 6.33 Å². The minimum absolute atomic E-state index is 0.927. The molecule has 3 nitrogen and oxygen atoms in total. The average Bonchev–Trinajstić information content (AvgIpc) is 2.46. The van der Waals surface area contributed by atoms with Crippen LogP contribution in [-0.2, 0) is 6.54 Å². The molecule has 0 unspecified atom stereocenters. The van der Waals surface area contributed by atoms with Gasteiger partial charge in [0.1, 0.15) is 6.33 Å². The number of hydrogen-bond acceptors (Lipinski definition) is 3. The minimum atomic E-state index is 0.927. The van der Waals surface area contributed by atoms with Gasteiger partial charge in [-0.1, -0.05) is 36.4 Å². The van der Waals surface area contributed by atoms with E-state index in [2.05, 4.69) is 59.3 Å². The van der Waals surface area contributed by atoms with Crippen molar-refractivity contribution in [1.29, 1.82) is 0 Å². The molecule has 3 heteroatoms. The standard InChI is InChI=1S/C17H17N3/c1-20(2)11-13-6-5-7-14(10-13)17-15-8-3-4-9-16(15)18-12-19-17/h3-10,12H,11H2,1-2H3. The van der Waals surface area contributed by atoms with E-state index in [0.717, 1.165) is 28.7 Å². The van der Waals surface area contributed by atoms with Crippen LogP contribution in [0, 0.1) is 0 Å². The van der Waals surface area contributed by atoms with Gasteiger partial charge >= 0.3 is 0 Å². The Labute approximate surface area is 118 Å². The maximum absolute atomic E-state index is 4.47. The van der Waals surface area contributed by atoms with E-state index in [9.17, 15) is 0 Å². The van der Waals surface area contributed by atoms with Crippen LogP contribution >= 0.6 is 0 Å². The molecule has 0 spiro atoms. The van der Waals surface area contributed by atoms with E-state index in [4.69, 9.17) is 0 Å². The normalized spacial score (nSPS) is 11.2. The van der Waals surface area contributed by atoms with Crippen molar-refractivity contribution in [1.82, 2.24) is 14.9 Å². The van der Waals surface area contributed by atoms with Crippen LogP contribution < -0.4 is 0 Å². The second kappa shape index (κ2) is 5.39. The third kappa shape index (κ3) is 2.53. The molecule has 0 atom stereocenters. The topological polar surface area (TPSA) is 29.0 Å². The number of hydrogen-bond donors (Lipinski definition) is 0. The summed E-state index contributed by atoms with van der Waals surface area (Å²) in [6, 6.07) is 16.7. The van der Waals surface area contributed by atoms with Crippen molar-refractivity contribution in [2.75, 3.05) is 14.1 Å². The van der Waals surface area contributed by atoms with Crippen LogP contribution in [0.5, 0.6) is 0 Å². The number of rotatable bonds is 3. The molecule has 1 aromatic heterocycles. The van der Waals surface area contributed by atoms with Crippen molar-refractivity contribution in [3.05, 3.63) is 60.4 Å². The second-order valence-electron chi connectivity index (χ2n) is 5.18. The Hall–Kier alpha value is -2.26. The van der Waals surface area contributed by atoms with Crippen molar-refractivity contribution < 1.29 is 0 Å². The highest BCUT2D eigenvalue weighted by atomic mass is 15.0. The zero-order valence-electron chi connectivity index (χ0n) is 11.7. The van der Waals surface area contributed by atoms with Crippen LogP contribution in [0.25, 0.3) is 22.2 Å². The predicted molar refractivity (Wildman–Crippen MR) is 82.4 cm³/mol. The Morgan fingerprint density at radius 2 is 1.80 bits per heavy atom. The summed E-state index contributed by atoms with van der Waals surface area (Å²) in [5.74, 6) is 0. The van der Waals surface area contributed by atoms with E-state index >= 15 is 0 Å². The number of aromatic nitrogens is 2. The quantitative estimate of drug-likeness (QED) is 0.725. The number of fused-ring (bicyclic) bond motifs is 1. The minimum Gasteiger partial charge on any atom is -0.305 e. The Balaban J connectivity index is 2.11. The first-order chi connectivity index (χ1) is 9.74. The smallest absolute Gasteiger partial charge is 0.116 e. The van der Waals surface area contributed by atoms with Crippen LogP contribution in [0.3, 0.4) is 0 Å². The van der Waals surface area contributed by atoms with Gasteiger partial charge in [0, 0.05) is 17.5 Å². The highest BCUT2D eigenvalue weighted by Gasteiger charge is 2.06. The highest BCUT2D eigenvalue weighted by Crippen LogP contribution is 2.25. The lowest BCUT2D eigenvalue weighted by atomic mass is 10.0. The summed E-state index contributed by atoms with van der Waals surface area (Å²) in [7, 11) is 4.15. The molecule has 3 rings (SSSR count). The molecule has 3 aromatic rings. The second-order valence-corrected chi connectivity index (χ2v) is 5.18. The van der Waals surface area contributed by atoms with E-state index in [-0.39, 0.29) is 0 Å². The molecule has 1 heterocycles. The molecule has 2 aromatic carbocycles. The zero-order chi connectivity index (χ0) is 13.9. The van der Waals surface area contributed by atoms with Gasteiger partial charge in [-0.3, -0.25) is 0 Å². The number of benzene rings is 2. The Morgan fingerprint density at radius 3 is 2.65 bits per heavy atom. The molecule has 0 N–H and O–H groups in total. The molecule has 0 aliphatic rings. The lowest BCUT2D eigenvalue weighted by Gasteiger charge is -2.11. The van der Waals surface area contributed by atoms with Gasteiger partial charge in [-0.05, 0) is 31.8 Å². The van der Waals surface area contributed by atoms with Gasteiger partial charge in [-0.15, -0.1) is 0 Å². The van der Waals surface area contributed by atoms with Crippen LogP contribution in [0.1, 0.15) is 5.56 Å². The first-order valence-corrected chi connectivity index (χ1v) is 6.68. The van der Waals surface area contributed by atoms with Gasteiger partial charge in [-0.25, -0.2) is 9.97 Å².